The van der Waals surface area contributed by atoms with Crippen molar-refractivity contribution in [1.29, 1.82) is 0 Å². The molecule has 0 aliphatic heterocycles. The van der Waals surface area contributed by atoms with E-state index < -0.39 is 17.7 Å². The van der Waals surface area contributed by atoms with E-state index in [-0.39, 0.29) is 5.75 Å². The Bertz CT molecular complexity index is 795. The van der Waals surface area contributed by atoms with Crippen molar-refractivity contribution in [1.82, 2.24) is 0 Å². The van der Waals surface area contributed by atoms with Gasteiger partial charge in [-0.2, -0.15) is 0 Å². The maximum atomic E-state index is 14.0. The van der Waals surface area contributed by atoms with Crippen LogP contribution in [0.1, 0.15) is 17.0 Å². The van der Waals surface area contributed by atoms with Gasteiger partial charge in [-0.25, -0.2) is 4.39 Å². The Morgan fingerprint density at radius 2 is 1.42 bits per heavy atom. The molecule has 0 saturated heterocycles. The molecule has 0 radical (unpaired) electrons. The van der Waals surface area contributed by atoms with E-state index in [0.717, 1.165) is 11.1 Å². The number of esters is 1. The van der Waals surface area contributed by atoms with Gasteiger partial charge in [-0.1, -0.05) is 76.6 Å². The third kappa shape index (κ3) is 3.71. The van der Waals surface area contributed by atoms with Crippen LogP contribution >= 0.6 is 15.9 Å². The number of halogens is 2. The van der Waals surface area contributed by atoms with Crippen molar-refractivity contribution in [3.05, 3.63) is 100 Å². The van der Waals surface area contributed by atoms with Gasteiger partial charge in [0, 0.05) is 4.47 Å². The maximum Gasteiger partial charge on any atom is 0.323 e. The van der Waals surface area contributed by atoms with Crippen LogP contribution in [0.15, 0.2) is 83.3 Å². The highest BCUT2D eigenvalue weighted by Gasteiger charge is 2.25. The Morgan fingerprint density at radius 1 is 0.875 bits per heavy atom. The molecule has 0 aliphatic carbocycles. The molecule has 0 aliphatic rings. The minimum Gasteiger partial charge on any atom is -0.423 e. The summed E-state index contributed by atoms with van der Waals surface area (Å²) in [5.41, 5.74) is 1.59. The van der Waals surface area contributed by atoms with Crippen LogP contribution in [0.4, 0.5) is 4.39 Å². The predicted octanol–water partition coefficient (Wildman–Crippen LogP) is 5.33. The van der Waals surface area contributed by atoms with Crippen LogP contribution in [-0.2, 0) is 4.79 Å². The molecule has 3 aromatic rings. The first-order valence-corrected chi connectivity index (χ1v) is 8.21. The third-order valence-electron chi connectivity index (χ3n) is 3.61. The van der Waals surface area contributed by atoms with Gasteiger partial charge in [-0.15, -0.1) is 0 Å². The topological polar surface area (TPSA) is 26.3 Å². The molecule has 0 spiro atoms. The van der Waals surface area contributed by atoms with Crippen LogP contribution in [0.2, 0.25) is 0 Å². The van der Waals surface area contributed by atoms with Gasteiger partial charge in [0.1, 0.15) is 5.92 Å². The fourth-order valence-electron chi connectivity index (χ4n) is 2.48. The molecule has 0 fully saturated rings. The van der Waals surface area contributed by atoms with Crippen molar-refractivity contribution in [3.8, 4) is 5.75 Å². The van der Waals surface area contributed by atoms with E-state index >= 15 is 0 Å². The number of benzene rings is 3. The van der Waals surface area contributed by atoms with Crippen LogP contribution in [0.5, 0.6) is 5.75 Å². The van der Waals surface area contributed by atoms with Gasteiger partial charge >= 0.3 is 5.97 Å². The summed E-state index contributed by atoms with van der Waals surface area (Å²) in [5.74, 6) is -1.80. The van der Waals surface area contributed by atoms with E-state index in [1.807, 2.05) is 60.7 Å². The summed E-state index contributed by atoms with van der Waals surface area (Å²) in [6.07, 6.45) is 0. The summed E-state index contributed by atoms with van der Waals surface area (Å²) in [5, 5.41) is 0. The first-order valence-electron chi connectivity index (χ1n) is 7.42. The smallest absolute Gasteiger partial charge is 0.323 e. The average Bonchev–Trinajstić information content (AvgIpc) is 2.60. The van der Waals surface area contributed by atoms with Gasteiger partial charge in [0.2, 0.25) is 0 Å². The first-order chi connectivity index (χ1) is 11.6. The zero-order chi connectivity index (χ0) is 16.9. The highest BCUT2D eigenvalue weighted by atomic mass is 79.9. The van der Waals surface area contributed by atoms with E-state index in [1.54, 1.807) is 6.07 Å². The lowest BCUT2D eigenvalue weighted by molar-refractivity contribution is -0.135. The molecule has 120 valence electrons. The fourth-order valence-corrected chi connectivity index (χ4v) is 2.81. The Kier molecular flexibility index (Phi) is 5.06. The molecule has 0 heterocycles. The van der Waals surface area contributed by atoms with Gasteiger partial charge in [-0.05, 0) is 29.3 Å². The van der Waals surface area contributed by atoms with Crippen LogP contribution in [0.25, 0.3) is 0 Å². The molecule has 2 nitrogen and oxygen atoms in total. The standard InChI is InChI=1S/C20H14BrFO2/c21-16-11-12-18(17(22)13-16)24-20(23)19(14-7-3-1-4-8-14)15-9-5-2-6-10-15/h1-13,19H. The molecule has 0 saturated carbocycles. The van der Waals surface area contributed by atoms with E-state index in [4.69, 9.17) is 4.74 Å². The number of hydrogen-bond donors (Lipinski definition) is 0. The second kappa shape index (κ2) is 7.41. The van der Waals surface area contributed by atoms with Crippen molar-refractivity contribution in [2.45, 2.75) is 5.92 Å². The van der Waals surface area contributed by atoms with E-state index in [2.05, 4.69) is 15.9 Å². The van der Waals surface area contributed by atoms with E-state index in [1.165, 1.54) is 12.1 Å². The van der Waals surface area contributed by atoms with Crippen molar-refractivity contribution >= 4 is 21.9 Å². The zero-order valence-electron chi connectivity index (χ0n) is 12.7. The zero-order valence-corrected chi connectivity index (χ0v) is 14.2. The normalized spacial score (nSPS) is 10.6. The van der Waals surface area contributed by atoms with Crippen LogP contribution in [0.3, 0.4) is 0 Å². The van der Waals surface area contributed by atoms with Crippen molar-refractivity contribution in [3.63, 3.8) is 0 Å². The molecule has 0 bridgehead atoms. The van der Waals surface area contributed by atoms with Gasteiger partial charge in [-0.3, -0.25) is 4.79 Å². The van der Waals surface area contributed by atoms with Crippen LogP contribution in [0, 0.1) is 5.82 Å². The quantitative estimate of drug-likeness (QED) is 0.449. The van der Waals surface area contributed by atoms with Gasteiger partial charge in [0.25, 0.3) is 0 Å². The number of rotatable bonds is 4. The number of hydrogen-bond acceptors (Lipinski definition) is 2. The van der Waals surface area contributed by atoms with Crippen LogP contribution < -0.4 is 4.74 Å². The van der Waals surface area contributed by atoms with Gasteiger partial charge in [0.05, 0.1) is 0 Å². The summed E-state index contributed by atoms with van der Waals surface area (Å²) in [6, 6.07) is 23.0. The average molecular weight is 385 g/mol. The van der Waals surface area contributed by atoms with E-state index in [9.17, 15) is 9.18 Å². The first kappa shape index (κ1) is 16.4. The molecule has 0 amide bonds. The molecule has 0 unspecified atom stereocenters. The van der Waals surface area contributed by atoms with Crippen molar-refractivity contribution in [2.24, 2.45) is 0 Å². The number of carbonyl (C=O) groups is 1. The molecule has 3 rings (SSSR count). The van der Waals surface area contributed by atoms with Gasteiger partial charge < -0.3 is 4.74 Å². The summed E-state index contributed by atoms with van der Waals surface area (Å²) < 4.78 is 19.9. The minimum absolute atomic E-state index is 0.0833. The third-order valence-corrected chi connectivity index (χ3v) is 4.10. The molecular weight excluding hydrogens is 371 g/mol. The summed E-state index contributed by atoms with van der Waals surface area (Å²) in [6.45, 7) is 0. The summed E-state index contributed by atoms with van der Waals surface area (Å²) >= 11 is 3.18. The van der Waals surface area contributed by atoms with Gasteiger partial charge in [0.15, 0.2) is 11.6 Å². The van der Waals surface area contributed by atoms with Crippen molar-refractivity contribution < 1.29 is 13.9 Å². The van der Waals surface area contributed by atoms with E-state index in [0.29, 0.717) is 4.47 Å². The molecule has 4 heteroatoms. The molecule has 3 aromatic carbocycles. The second-order valence-electron chi connectivity index (χ2n) is 5.25. The predicted molar refractivity (Wildman–Crippen MR) is 94.5 cm³/mol. The lowest BCUT2D eigenvalue weighted by Gasteiger charge is -2.17. The molecule has 0 atom stereocenters. The lowest BCUT2D eigenvalue weighted by atomic mass is 9.91. The molecule has 24 heavy (non-hydrogen) atoms. The summed E-state index contributed by atoms with van der Waals surface area (Å²) in [4.78, 5) is 12.8. The minimum atomic E-state index is -0.615. The molecule has 0 N–H and O–H groups in total. The fraction of sp³-hybridized carbons (Fsp3) is 0.0500. The highest BCUT2D eigenvalue weighted by Crippen LogP contribution is 2.28. The molecular formula is C20H14BrFO2. The molecule has 0 aromatic heterocycles. The Balaban J connectivity index is 1.95. The largest absolute Gasteiger partial charge is 0.423 e. The highest BCUT2D eigenvalue weighted by molar-refractivity contribution is 9.10. The summed E-state index contributed by atoms with van der Waals surface area (Å²) in [7, 11) is 0. The Labute approximate surface area is 148 Å². The SMILES string of the molecule is O=C(Oc1ccc(Br)cc1F)C(c1ccccc1)c1ccccc1. The Morgan fingerprint density at radius 3 is 1.92 bits per heavy atom. The van der Waals surface area contributed by atoms with Crippen LogP contribution in [-0.4, -0.2) is 5.97 Å². The lowest BCUT2D eigenvalue weighted by Crippen LogP contribution is -2.20. The number of ether oxygens (including phenoxy) is 1. The number of carbonyl (C=O) groups excluding carboxylic acids is 1. The Hall–Kier alpha value is -2.46. The van der Waals surface area contributed by atoms with Crippen molar-refractivity contribution in [2.75, 3.05) is 0 Å². The second-order valence-corrected chi connectivity index (χ2v) is 6.17. The monoisotopic (exact) mass is 384 g/mol. The maximum absolute atomic E-state index is 14.0.